The van der Waals surface area contributed by atoms with Crippen molar-refractivity contribution in [1.82, 2.24) is 0 Å². The molecule has 5 atom stereocenters. The summed E-state index contributed by atoms with van der Waals surface area (Å²) in [5.41, 5.74) is 3.05. The van der Waals surface area contributed by atoms with Crippen LogP contribution in [-0.4, -0.2) is 29.9 Å². The molecule has 0 aromatic rings. The van der Waals surface area contributed by atoms with Crippen LogP contribution in [0, 0.1) is 17.8 Å². The van der Waals surface area contributed by atoms with Crippen LogP contribution < -0.4 is 0 Å². The highest BCUT2D eigenvalue weighted by Gasteiger charge is 2.55. The highest BCUT2D eigenvalue weighted by atomic mass is 16.6. The number of allylic oxidation sites excluding steroid dienone is 2. The van der Waals surface area contributed by atoms with Gasteiger partial charge < -0.3 is 9.47 Å². The van der Waals surface area contributed by atoms with E-state index in [4.69, 9.17) is 9.47 Å². The lowest BCUT2D eigenvalue weighted by Crippen LogP contribution is -2.38. The summed E-state index contributed by atoms with van der Waals surface area (Å²) in [5, 5.41) is 0. The number of hydrogen-bond donors (Lipinski definition) is 0. The van der Waals surface area contributed by atoms with Crippen LogP contribution in [0.15, 0.2) is 34.4 Å². The highest BCUT2D eigenvalue weighted by molar-refractivity contribution is 6.09. The first-order chi connectivity index (χ1) is 11.8. The van der Waals surface area contributed by atoms with E-state index < -0.39 is 12.2 Å². The molecule has 0 saturated carbocycles. The Morgan fingerprint density at radius 3 is 2.64 bits per heavy atom. The molecule has 0 amide bonds. The molecule has 0 aromatic carbocycles. The summed E-state index contributed by atoms with van der Waals surface area (Å²) in [7, 11) is 0. The molecule has 1 fully saturated rings. The topological polar surface area (TPSA) is 69.7 Å². The number of ether oxygens (including phenoxy) is 2. The molecule has 134 valence electrons. The summed E-state index contributed by atoms with van der Waals surface area (Å²) in [6, 6.07) is 0. The number of carbonyl (C=O) groups excluding carboxylic acids is 3. The van der Waals surface area contributed by atoms with Gasteiger partial charge in [-0.15, -0.1) is 0 Å². The van der Waals surface area contributed by atoms with Gasteiger partial charge in [0.2, 0.25) is 0 Å². The molecular formula is C20H24O5. The first-order valence-corrected chi connectivity index (χ1v) is 8.72. The summed E-state index contributed by atoms with van der Waals surface area (Å²) in [5.74, 6) is -1.55. The summed E-state index contributed by atoms with van der Waals surface area (Å²) in [6.07, 6.45) is 2.85. The third kappa shape index (κ3) is 2.75. The molecule has 5 heteroatoms. The van der Waals surface area contributed by atoms with Crippen molar-refractivity contribution in [3.05, 3.63) is 34.4 Å². The van der Waals surface area contributed by atoms with E-state index in [0.717, 1.165) is 11.1 Å². The Bertz CT molecular complexity index is 739. The maximum atomic E-state index is 12.4. The van der Waals surface area contributed by atoms with Crippen LogP contribution in [0.25, 0.3) is 0 Å². The Balaban J connectivity index is 2.02. The van der Waals surface area contributed by atoms with Gasteiger partial charge in [0.05, 0.1) is 5.92 Å². The largest absolute Gasteiger partial charge is 0.461 e. The van der Waals surface area contributed by atoms with Gasteiger partial charge >= 0.3 is 11.9 Å². The van der Waals surface area contributed by atoms with E-state index in [1.807, 2.05) is 20.8 Å². The second kappa shape index (κ2) is 6.28. The lowest BCUT2D eigenvalue weighted by atomic mass is 9.79. The zero-order valence-corrected chi connectivity index (χ0v) is 15.3. The molecule has 0 aromatic heterocycles. The molecule has 2 aliphatic carbocycles. The smallest absolute Gasteiger partial charge is 0.333 e. The van der Waals surface area contributed by atoms with E-state index in [0.29, 0.717) is 17.6 Å². The van der Waals surface area contributed by atoms with E-state index in [-0.39, 0.29) is 35.5 Å². The molecule has 1 heterocycles. The molecular weight excluding hydrogens is 320 g/mol. The molecule has 0 N–H and O–H groups in total. The maximum Gasteiger partial charge on any atom is 0.333 e. The summed E-state index contributed by atoms with van der Waals surface area (Å²) in [6.45, 7) is 9.09. The fourth-order valence-electron chi connectivity index (χ4n) is 4.26. The van der Waals surface area contributed by atoms with E-state index >= 15 is 0 Å². The van der Waals surface area contributed by atoms with Crippen LogP contribution in [0.4, 0.5) is 0 Å². The van der Waals surface area contributed by atoms with Gasteiger partial charge in [-0.25, -0.2) is 4.79 Å². The molecule has 3 rings (SSSR count). The Morgan fingerprint density at radius 1 is 1.32 bits per heavy atom. The first-order valence-electron chi connectivity index (χ1n) is 8.72. The normalized spacial score (nSPS) is 35.0. The molecule has 3 aliphatic rings. The van der Waals surface area contributed by atoms with E-state index in [1.165, 1.54) is 0 Å². The van der Waals surface area contributed by atoms with Gasteiger partial charge in [0.1, 0.15) is 12.2 Å². The van der Waals surface area contributed by atoms with Crippen LogP contribution in [-0.2, 0) is 23.9 Å². The van der Waals surface area contributed by atoms with Crippen molar-refractivity contribution in [3.8, 4) is 0 Å². The van der Waals surface area contributed by atoms with Crippen LogP contribution in [0.5, 0.6) is 0 Å². The lowest BCUT2D eigenvalue weighted by molar-refractivity contribution is -0.148. The van der Waals surface area contributed by atoms with Crippen molar-refractivity contribution in [2.24, 2.45) is 17.8 Å². The average molecular weight is 344 g/mol. The van der Waals surface area contributed by atoms with Gasteiger partial charge in [-0.05, 0) is 33.8 Å². The predicted molar refractivity (Wildman–Crippen MR) is 91.4 cm³/mol. The van der Waals surface area contributed by atoms with Crippen LogP contribution >= 0.6 is 0 Å². The molecule has 1 saturated heterocycles. The van der Waals surface area contributed by atoms with E-state index in [9.17, 15) is 14.4 Å². The van der Waals surface area contributed by atoms with Crippen molar-refractivity contribution in [2.75, 3.05) is 0 Å². The van der Waals surface area contributed by atoms with E-state index in [2.05, 4.69) is 0 Å². The van der Waals surface area contributed by atoms with Gasteiger partial charge in [-0.2, -0.15) is 0 Å². The number of ketones is 1. The molecule has 0 spiro atoms. The molecule has 1 aliphatic heterocycles. The fourth-order valence-corrected chi connectivity index (χ4v) is 4.26. The monoisotopic (exact) mass is 344 g/mol. The molecule has 25 heavy (non-hydrogen) atoms. The maximum absolute atomic E-state index is 12.4. The van der Waals surface area contributed by atoms with Gasteiger partial charge in [0.25, 0.3) is 0 Å². The number of fused-ring (bicyclic) bond motifs is 3. The standard InChI is InChI=1S/C20H24O5/c1-6-9(2)19(22)24-14-8-11(4)15-13(21)7-10(3)16(15)18-17(14)12(5)20(23)25-18/h6-7,12,14,16-18H,8H2,1-5H3/b9-6-/t12-,14+,16+,17-,18-/m1/s1. The van der Waals surface area contributed by atoms with Crippen molar-refractivity contribution in [3.63, 3.8) is 0 Å². The minimum atomic E-state index is -0.479. The molecule has 0 radical (unpaired) electrons. The van der Waals surface area contributed by atoms with Crippen LogP contribution in [0.3, 0.4) is 0 Å². The van der Waals surface area contributed by atoms with Crippen molar-refractivity contribution < 1.29 is 23.9 Å². The number of carbonyl (C=O) groups is 3. The minimum Gasteiger partial charge on any atom is -0.461 e. The highest BCUT2D eigenvalue weighted by Crippen LogP contribution is 2.48. The van der Waals surface area contributed by atoms with Gasteiger partial charge in [0, 0.05) is 29.4 Å². The van der Waals surface area contributed by atoms with Crippen molar-refractivity contribution in [2.45, 2.75) is 53.2 Å². The van der Waals surface area contributed by atoms with Crippen LogP contribution in [0.1, 0.15) is 41.0 Å². The Morgan fingerprint density at radius 2 is 2.00 bits per heavy atom. The average Bonchev–Trinajstić information content (AvgIpc) is 2.96. The summed E-state index contributed by atoms with van der Waals surface area (Å²) >= 11 is 0. The number of rotatable bonds is 2. The summed E-state index contributed by atoms with van der Waals surface area (Å²) < 4.78 is 11.4. The zero-order chi connectivity index (χ0) is 18.5. The second-order valence-corrected chi connectivity index (χ2v) is 7.31. The van der Waals surface area contributed by atoms with E-state index in [1.54, 1.807) is 26.0 Å². The lowest BCUT2D eigenvalue weighted by Gasteiger charge is -2.29. The molecule has 0 bridgehead atoms. The second-order valence-electron chi connectivity index (χ2n) is 7.31. The minimum absolute atomic E-state index is 0.0223. The van der Waals surface area contributed by atoms with Gasteiger partial charge in [-0.1, -0.05) is 24.1 Å². The zero-order valence-electron chi connectivity index (χ0n) is 15.3. The van der Waals surface area contributed by atoms with Crippen molar-refractivity contribution in [1.29, 1.82) is 0 Å². The van der Waals surface area contributed by atoms with Crippen LogP contribution in [0.2, 0.25) is 0 Å². The molecule has 5 nitrogen and oxygen atoms in total. The van der Waals surface area contributed by atoms with Gasteiger partial charge in [-0.3, -0.25) is 9.59 Å². The predicted octanol–water partition coefficient (Wildman–Crippen LogP) is 2.91. The first kappa shape index (κ1) is 17.6. The third-order valence-corrected chi connectivity index (χ3v) is 5.74. The SMILES string of the molecule is C/C=C(/C)C(=O)O[C@H]1CC(C)=C2C(=O)C=C(C)[C@@H]2[C@H]2OC(=O)[C@H](C)[C@@H]21. The molecule has 0 unspecified atom stereocenters. The number of esters is 2. The Kier molecular flexibility index (Phi) is 4.43. The number of hydrogen-bond acceptors (Lipinski definition) is 5. The fraction of sp³-hybridized carbons (Fsp3) is 0.550. The quantitative estimate of drug-likeness (QED) is 0.569. The Labute approximate surface area is 147 Å². The van der Waals surface area contributed by atoms with Crippen molar-refractivity contribution >= 4 is 17.7 Å². The third-order valence-electron chi connectivity index (χ3n) is 5.74. The van der Waals surface area contributed by atoms with Gasteiger partial charge in [0.15, 0.2) is 5.78 Å². The summed E-state index contributed by atoms with van der Waals surface area (Å²) in [4.78, 5) is 37.0. The Hall–Kier alpha value is -2.17.